The molecule has 0 aliphatic carbocycles. The predicted octanol–water partition coefficient (Wildman–Crippen LogP) is 2.29. The summed E-state index contributed by atoms with van der Waals surface area (Å²) < 4.78 is 1.12. The molecule has 0 unspecified atom stereocenters. The van der Waals surface area contributed by atoms with Gasteiger partial charge in [0.25, 0.3) is 5.56 Å². The minimum atomic E-state index is -0.323. The molecule has 20 heavy (non-hydrogen) atoms. The van der Waals surface area contributed by atoms with Gasteiger partial charge in [0.05, 0.1) is 5.69 Å². The molecule has 0 atom stereocenters. The van der Waals surface area contributed by atoms with Gasteiger partial charge in [-0.2, -0.15) is 4.68 Å². The summed E-state index contributed by atoms with van der Waals surface area (Å²) in [4.78, 5) is 16.0. The number of aromatic hydroxyl groups is 1. The Morgan fingerprint density at radius 1 is 1.15 bits per heavy atom. The second kappa shape index (κ2) is 4.70. The molecule has 0 aliphatic rings. The maximum Gasteiger partial charge on any atom is 0.272 e. The first kappa shape index (κ1) is 12.2. The molecule has 0 spiro atoms. The summed E-state index contributed by atoms with van der Waals surface area (Å²) in [6.07, 6.45) is 3.21. The van der Waals surface area contributed by atoms with Crippen molar-refractivity contribution in [3.8, 4) is 5.88 Å². The molecule has 0 radical (unpaired) electrons. The topological polar surface area (TPSA) is 67.2 Å². The Balaban J connectivity index is 2.18. The van der Waals surface area contributed by atoms with Crippen molar-refractivity contribution in [1.29, 1.82) is 0 Å². The van der Waals surface area contributed by atoms with Crippen molar-refractivity contribution in [2.75, 3.05) is 5.43 Å². The van der Waals surface area contributed by atoms with E-state index in [-0.39, 0.29) is 11.4 Å². The van der Waals surface area contributed by atoms with E-state index in [2.05, 4.69) is 10.4 Å². The number of fused-ring (bicyclic) bond motifs is 1. The number of aryl methyl sites for hydroxylation is 1. The third kappa shape index (κ3) is 2.09. The van der Waals surface area contributed by atoms with E-state index in [4.69, 9.17) is 0 Å². The molecule has 5 nitrogen and oxygen atoms in total. The Kier molecular flexibility index (Phi) is 2.87. The first-order chi connectivity index (χ1) is 9.65. The van der Waals surface area contributed by atoms with Crippen LogP contribution >= 0.6 is 0 Å². The van der Waals surface area contributed by atoms with Crippen LogP contribution in [0.3, 0.4) is 0 Å². The van der Waals surface area contributed by atoms with E-state index in [0.717, 1.165) is 10.2 Å². The highest BCUT2D eigenvalue weighted by Crippen LogP contribution is 2.23. The van der Waals surface area contributed by atoms with Crippen molar-refractivity contribution in [3.05, 3.63) is 64.7 Å². The lowest BCUT2D eigenvalue weighted by Gasteiger charge is -2.13. The SMILES string of the molecule is Cc1ccc2cc(=O)n(Nc3ccncc3)c(O)c2c1. The molecule has 0 saturated carbocycles. The van der Waals surface area contributed by atoms with Gasteiger partial charge in [-0.15, -0.1) is 0 Å². The van der Waals surface area contributed by atoms with Gasteiger partial charge in [-0.3, -0.25) is 15.2 Å². The number of anilines is 1. The summed E-state index contributed by atoms with van der Waals surface area (Å²) in [5.41, 5.74) is 4.23. The predicted molar refractivity (Wildman–Crippen MR) is 77.9 cm³/mol. The largest absolute Gasteiger partial charge is 0.493 e. The number of nitrogens with zero attached hydrogens (tertiary/aromatic N) is 2. The molecular formula is C15H13N3O2. The second-order valence-electron chi connectivity index (χ2n) is 4.58. The van der Waals surface area contributed by atoms with Crippen molar-refractivity contribution in [2.45, 2.75) is 6.92 Å². The number of rotatable bonds is 2. The molecule has 0 amide bonds. The van der Waals surface area contributed by atoms with E-state index >= 15 is 0 Å². The van der Waals surface area contributed by atoms with Crippen LogP contribution in [0.2, 0.25) is 0 Å². The number of hydrogen-bond donors (Lipinski definition) is 2. The molecule has 100 valence electrons. The normalized spacial score (nSPS) is 10.7. The van der Waals surface area contributed by atoms with Crippen LogP contribution < -0.4 is 11.0 Å². The first-order valence-electron chi connectivity index (χ1n) is 6.17. The summed E-state index contributed by atoms with van der Waals surface area (Å²) in [5.74, 6) is -0.104. The molecule has 3 rings (SSSR count). The zero-order chi connectivity index (χ0) is 14.1. The molecule has 0 saturated heterocycles. The van der Waals surface area contributed by atoms with E-state index in [9.17, 15) is 9.90 Å². The van der Waals surface area contributed by atoms with Crippen molar-refractivity contribution in [2.24, 2.45) is 0 Å². The molecule has 5 heteroatoms. The molecule has 2 heterocycles. The quantitative estimate of drug-likeness (QED) is 0.747. The third-order valence-corrected chi connectivity index (χ3v) is 3.08. The van der Waals surface area contributed by atoms with Crippen LogP contribution in [0, 0.1) is 6.92 Å². The average molecular weight is 267 g/mol. The zero-order valence-corrected chi connectivity index (χ0v) is 10.9. The lowest BCUT2D eigenvalue weighted by molar-refractivity contribution is 0.435. The Morgan fingerprint density at radius 3 is 2.65 bits per heavy atom. The number of pyridine rings is 2. The zero-order valence-electron chi connectivity index (χ0n) is 10.9. The summed E-state index contributed by atoms with van der Waals surface area (Å²) >= 11 is 0. The molecule has 0 aliphatic heterocycles. The van der Waals surface area contributed by atoms with Gasteiger partial charge in [-0.05, 0) is 30.5 Å². The van der Waals surface area contributed by atoms with Gasteiger partial charge in [0.2, 0.25) is 5.88 Å². The number of aromatic nitrogens is 2. The van der Waals surface area contributed by atoms with Gasteiger partial charge in [0.15, 0.2) is 0 Å². The second-order valence-corrected chi connectivity index (χ2v) is 4.58. The lowest BCUT2D eigenvalue weighted by Crippen LogP contribution is -2.25. The Bertz CT molecular complexity index is 826. The Morgan fingerprint density at radius 2 is 1.90 bits per heavy atom. The van der Waals surface area contributed by atoms with Crippen molar-refractivity contribution < 1.29 is 5.11 Å². The highest BCUT2D eigenvalue weighted by molar-refractivity contribution is 5.87. The van der Waals surface area contributed by atoms with Gasteiger partial charge in [-0.1, -0.05) is 17.7 Å². The minimum Gasteiger partial charge on any atom is -0.493 e. The number of hydrogen-bond acceptors (Lipinski definition) is 4. The Labute approximate surface area is 115 Å². The van der Waals surface area contributed by atoms with Crippen molar-refractivity contribution in [1.82, 2.24) is 9.66 Å². The monoisotopic (exact) mass is 267 g/mol. The fourth-order valence-corrected chi connectivity index (χ4v) is 2.08. The smallest absolute Gasteiger partial charge is 0.272 e. The summed E-state index contributed by atoms with van der Waals surface area (Å²) in [6, 6.07) is 10.5. The summed E-state index contributed by atoms with van der Waals surface area (Å²) in [7, 11) is 0. The van der Waals surface area contributed by atoms with Crippen LogP contribution in [0.25, 0.3) is 10.8 Å². The van der Waals surface area contributed by atoms with Gasteiger partial charge >= 0.3 is 0 Å². The van der Waals surface area contributed by atoms with Gasteiger partial charge in [0.1, 0.15) is 0 Å². The highest BCUT2D eigenvalue weighted by atomic mass is 16.3. The van der Waals surface area contributed by atoms with Crippen LogP contribution in [-0.2, 0) is 0 Å². The van der Waals surface area contributed by atoms with Crippen LogP contribution in [0.5, 0.6) is 5.88 Å². The van der Waals surface area contributed by atoms with Gasteiger partial charge < -0.3 is 5.11 Å². The molecule has 2 N–H and O–H groups in total. The van der Waals surface area contributed by atoms with Gasteiger partial charge in [0, 0.05) is 23.8 Å². The van der Waals surface area contributed by atoms with E-state index in [1.54, 1.807) is 24.5 Å². The van der Waals surface area contributed by atoms with Crippen LogP contribution in [-0.4, -0.2) is 14.8 Å². The van der Waals surface area contributed by atoms with E-state index < -0.39 is 0 Å². The fourth-order valence-electron chi connectivity index (χ4n) is 2.08. The molecule has 0 fully saturated rings. The maximum atomic E-state index is 12.1. The fraction of sp³-hybridized carbons (Fsp3) is 0.0667. The standard InChI is InChI=1S/C15H13N3O2/c1-10-2-3-11-9-14(19)18(15(20)13(11)8-10)17-12-4-6-16-7-5-12/h2-9,20H,1H3,(H,16,17). The van der Waals surface area contributed by atoms with Crippen LogP contribution in [0.15, 0.2) is 53.6 Å². The average Bonchev–Trinajstić information content (AvgIpc) is 2.46. The molecule has 1 aromatic carbocycles. The van der Waals surface area contributed by atoms with E-state index in [0.29, 0.717) is 16.5 Å². The number of nitrogens with one attached hydrogen (secondary N) is 1. The summed E-state index contributed by atoms with van der Waals surface area (Å²) in [5, 5.41) is 11.6. The Hall–Kier alpha value is -2.82. The highest BCUT2D eigenvalue weighted by Gasteiger charge is 2.09. The first-order valence-corrected chi connectivity index (χ1v) is 6.17. The van der Waals surface area contributed by atoms with Crippen LogP contribution in [0.4, 0.5) is 5.69 Å². The molecule has 0 bridgehead atoms. The molecule has 3 aromatic rings. The lowest BCUT2D eigenvalue weighted by atomic mass is 10.1. The molecular weight excluding hydrogens is 254 g/mol. The third-order valence-electron chi connectivity index (χ3n) is 3.08. The minimum absolute atomic E-state index is 0.104. The van der Waals surface area contributed by atoms with E-state index in [1.165, 1.54) is 6.07 Å². The molecule has 2 aromatic heterocycles. The van der Waals surface area contributed by atoms with Crippen LogP contribution in [0.1, 0.15) is 5.56 Å². The number of benzene rings is 1. The van der Waals surface area contributed by atoms with E-state index in [1.807, 2.05) is 25.1 Å². The maximum absolute atomic E-state index is 12.1. The van der Waals surface area contributed by atoms with Gasteiger partial charge in [-0.25, -0.2) is 0 Å². The van der Waals surface area contributed by atoms with Crippen molar-refractivity contribution in [3.63, 3.8) is 0 Å². The summed E-state index contributed by atoms with van der Waals surface area (Å²) in [6.45, 7) is 1.94. The van der Waals surface area contributed by atoms with Crippen molar-refractivity contribution >= 4 is 16.5 Å².